The Balaban J connectivity index is 1.75. The zero-order chi connectivity index (χ0) is 20.4. The molecule has 3 aromatic heterocycles. The molecule has 0 unspecified atom stereocenters. The second-order valence-electron chi connectivity index (χ2n) is 6.49. The first kappa shape index (κ1) is 19.5. The fourth-order valence-corrected chi connectivity index (χ4v) is 4.01. The van der Waals surface area contributed by atoms with Gasteiger partial charge in [0.15, 0.2) is 16.7 Å². The lowest BCUT2D eigenvalue weighted by molar-refractivity contribution is 0.187. The molecule has 0 aliphatic rings. The lowest BCUT2D eigenvalue weighted by Gasteiger charge is -2.07. The lowest BCUT2D eigenvalue weighted by Crippen LogP contribution is -2.31. The van der Waals surface area contributed by atoms with Crippen molar-refractivity contribution in [2.75, 3.05) is 13.7 Å². The summed E-state index contributed by atoms with van der Waals surface area (Å²) in [4.78, 5) is 36.3. The van der Waals surface area contributed by atoms with Crippen LogP contribution in [0.1, 0.15) is 19.2 Å². The van der Waals surface area contributed by atoms with Crippen molar-refractivity contribution in [3.63, 3.8) is 0 Å². The van der Waals surface area contributed by atoms with Crippen LogP contribution in [0.5, 0.6) is 0 Å². The van der Waals surface area contributed by atoms with Crippen LogP contribution in [0.2, 0.25) is 0 Å². The number of H-pyrrole nitrogens is 1. The molecule has 4 aromatic rings. The molecule has 0 amide bonds. The number of hydrogen-bond acceptors (Lipinski definition) is 7. The van der Waals surface area contributed by atoms with Gasteiger partial charge in [0, 0.05) is 20.2 Å². The van der Waals surface area contributed by atoms with E-state index in [1.165, 1.54) is 16.3 Å². The maximum Gasteiger partial charge on any atom is 0.330 e. The van der Waals surface area contributed by atoms with Crippen molar-refractivity contribution in [3.05, 3.63) is 50.9 Å². The summed E-state index contributed by atoms with van der Waals surface area (Å²) in [5.74, 6) is 1.09. The molecule has 0 saturated carbocycles. The van der Waals surface area contributed by atoms with Gasteiger partial charge in [0.1, 0.15) is 11.3 Å². The van der Waals surface area contributed by atoms with Crippen molar-refractivity contribution in [1.82, 2.24) is 24.1 Å². The van der Waals surface area contributed by atoms with Gasteiger partial charge in [-0.3, -0.25) is 14.3 Å². The average molecular weight is 415 g/mol. The zero-order valence-electron chi connectivity index (χ0n) is 16.2. The molecule has 0 aliphatic heterocycles. The molecule has 0 bridgehead atoms. The molecule has 29 heavy (non-hydrogen) atoms. The minimum absolute atomic E-state index is 0.378. The Morgan fingerprint density at radius 1 is 1.17 bits per heavy atom. The lowest BCUT2D eigenvalue weighted by atomic mass is 10.3. The van der Waals surface area contributed by atoms with Crippen LogP contribution in [0, 0.1) is 0 Å². The molecule has 152 valence electrons. The van der Waals surface area contributed by atoms with E-state index in [2.05, 4.69) is 15.0 Å². The number of methoxy groups -OCH3 is 1. The van der Waals surface area contributed by atoms with E-state index in [0.29, 0.717) is 47.7 Å². The first-order valence-electron chi connectivity index (χ1n) is 9.32. The Morgan fingerprint density at radius 3 is 2.76 bits per heavy atom. The third-order valence-electron chi connectivity index (χ3n) is 4.53. The van der Waals surface area contributed by atoms with Crippen molar-refractivity contribution in [3.8, 4) is 0 Å². The number of aryl methyl sites for hydroxylation is 1. The van der Waals surface area contributed by atoms with Gasteiger partial charge in [-0.05, 0) is 18.6 Å². The maximum atomic E-state index is 12.5. The quantitative estimate of drug-likeness (QED) is 0.440. The Kier molecular flexibility index (Phi) is 5.54. The minimum atomic E-state index is -0.445. The van der Waals surface area contributed by atoms with Crippen LogP contribution in [-0.4, -0.2) is 37.8 Å². The molecule has 1 aromatic carbocycles. The molecule has 0 spiro atoms. The molecule has 0 fully saturated rings. The van der Waals surface area contributed by atoms with E-state index in [-0.39, 0.29) is 0 Å². The van der Waals surface area contributed by atoms with Crippen molar-refractivity contribution < 1.29 is 9.15 Å². The van der Waals surface area contributed by atoms with Gasteiger partial charge in [-0.15, -0.1) is 0 Å². The maximum absolute atomic E-state index is 12.5. The first-order valence-corrected chi connectivity index (χ1v) is 10.3. The van der Waals surface area contributed by atoms with Crippen LogP contribution in [0.4, 0.5) is 0 Å². The number of oxazole rings is 1. The molecule has 4 rings (SSSR count). The molecule has 0 radical (unpaired) electrons. The predicted octanol–water partition coefficient (Wildman–Crippen LogP) is 2.38. The van der Waals surface area contributed by atoms with E-state index in [1.54, 1.807) is 11.7 Å². The van der Waals surface area contributed by atoms with Gasteiger partial charge in [0.25, 0.3) is 10.8 Å². The van der Waals surface area contributed by atoms with Gasteiger partial charge in [-0.25, -0.2) is 14.8 Å². The highest BCUT2D eigenvalue weighted by molar-refractivity contribution is 7.98. The van der Waals surface area contributed by atoms with Crippen molar-refractivity contribution in [2.24, 2.45) is 0 Å². The summed E-state index contributed by atoms with van der Waals surface area (Å²) in [6.45, 7) is 3.31. The van der Waals surface area contributed by atoms with E-state index < -0.39 is 11.2 Å². The number of aromatic amines is 1. The Morgan fingerprint density at radius 2 is 2.00 bits per heavy atom. The number of rotatable bonds is 8. The number of aromatic nitrogens is 5. The summed E-state index contributed by atoms with van der Waals surface area (Å²) in [7, 11) is 1.60. The van der Waals surface area contributed by atoms with E-state index in [1.807, 2.05) is 31.2 Å². The predicted molar refractivity (Wildman–Crippen MR) is 110 cm³/mol. The summed E-state index contributed by atoms with van der Waals surface area (Å²) < 4.78 is 14.3. The Hall–Kier alpha value is -2.85. The number of hydrogen-bond donors (Lipinski definition) is 1. The van der Waals surface area contributed by atoms with E-state index in [4.69, 9.17) is 9.15 Å². The molecule has 1 N–H and O–H groups in total. The first-order chi connectivity index (χ1) is 14.1. The van der Waals surface area contributed by atoms with Gasteiger partial charge in [0.05, 0.1) is 12.4 Å². The molecule has 0 aliphatic carbocycles. The molecule has 0 atom stereocenters. The fraction of sp³-hybridized carbons (Fsp3) is 0.368. The molecule has 10 heteroatoms. The summed E-state index contributed by atoms with van der Waals surface area (Å²) in [5, 5.41) is 0.524. The summed E-state index contributed by atoms with van der Waals surface area (Å²) in [5.41, 5.74) is 1.39. The summed E-state index contributed by atoms with van der Waals surface area (Å²) in [6.07, 6.45) is 0.749. The SMILES string of the molecule is CCCn1c(=O)[nH]c(=O)c2c1nc(CSc1nc3ccccc3o1)n2CCOC. The molecular formula is C19H21N5O4S. The van der Waals surface area contributed by atoms with E-state index >= 15 is 0 Å². The highest BCUT2D eigenvalue weighted by atomic mass is 32.2. The number of benzene rings is 1. The number of imidazole rings is 1. The molecule has 9 nitrogen and oxygen atoms in total. The number of thioether (sulfide) groups is 1. The van der Waals surface area contributed by atoms with Crippen molar-refractivity contribution in [1.29, 1.82) is 0 Å². The summed E-state index contributed by atoms with van der Waals surface area (Å²) >= 11 is 1.39. The van der Waals surface area contributed by atoms with Crippen molar-refractivity contribution in [2.45, 2.75) is 37.4 Å². The van der Waals surface area contributed by atoms with Crippen LogP contribution < -0.4 is 11.2 Å². The van der Waals surface area contributed by atoms with Gasteiger partial charge >= 0.3 is 5.69 Å². The largest absolute Gasteiger partial charge is 0.431 e. The van der Waals surface area contributed by atoms with Crippen LogP contribution in [0.3, 0.4) is 0 Å². The number of ether oxygens (including phenoxy) is 1. The van der Waals surface area contributed by atoms with Gasteiger partial charge in [0.2, 0.25) is 0 Å². The van der Waals surface area contributed by atoms with Gasteiger partial charge in [-0.2, -0.15) is 0 Å². The van der Waals surface area contributed by atoms with Crippen molar-refractivity contribution >= 4 is 34.0 Å². The van der Waals surface area contributed by atoms with Gasteiger partial charge < -0.3 is 13.7 Å². The van der Waals surface area contributed by atoms with Gasteiger partial charge in [-0.1, -0.05) is 30.8 Å². The van der Waals surface area contributed by atoms with E-state index in [9.17, 15) is 9.59 Å². The van der Waals surface area contributed by atoms with Crippen LogP contribution >= 0.6 is 11.8 Å². The molecule has 3 heterocycles. The summed E-state index contributed by atoms with van der Waals surface area (Å²) in [6, 6.07) is 7.55. The second kappa shape index (κ2) is 8.26. The number of para-hydroxylation sites is 2. The Bertz CT molecular complexity index is 1240. The monoisotopic (exact) mass is 415 g/mol. The highest BCUT2D eigenvalue weighted by Gasteiger charge is 2.19. The smallest absolute Gasteiger partial charge is 0.330 e. The minimum Gasteiger partial charge on any atom is -0.431 e. The van der Waals surface area contributed by atoms with Crippen LogP contribution in [-0.2, 0) is 23.6 Å². The topological polar surface area (TPSA) is 108 Å². The second-order valence-corrected chi connectivity index (χ2v) is 7.42. The number of nitrogens with zero attached hydrogens (tertiary/aromatic N) is 4. The molecular weight excluding hydrogens is 394 g/mol. The highest BCUT2D eigenvalue weighted by Crippen LogP contribution is 2.26. The standard InChI is InChI=1S/C19H21N5O4S/c1-3-8-24-16-15(17(25)22-18(24)26)23(9-10-27-2)14(21-16)11-29-19-20-12-6-4-5-7-13(12)28-19/h4-7H,3,8-11H2,1-2H3,(H,22,25,26). The zero-order valence-corrected chi connectivity index (χ0v) is 17.0. The van der Waals surface area contributed by atoms with Crippen LogP contribution in [0.25, 0.3) is 22.3 Å². The number of nitrogens with one attached hydrogen (secondary N) is 1. The average Bonchev–Trinajstić information content (AvgIpc) is 3.29. The fourth-order valence-electron chi connectivity index (χ4n) is 3.22. The van der Waals surface area contributed by atoms with Crippen LogP contribution in [0.15, 0.2) is 43.5 Å². The van der Waals surface area contributed by atoms with E-state index in [0.717, 1.165) is 17.5 Å². The Labute approximate surface area is 169 Å². The normalized spacial score (nSPS) is 11.7. The third-order valence-corrected chi connectivity index (χ3v) is 5.35. The number of fused-ring (bicyclic) bond motifs is 2. The third kappa shape index (κ3) is 3.73. The molecule has 0 saturated heterocycles.